The molecule has 110 valence electrons. The lowest BCUT2D eigenvalue weighted by Gasteiger charge is -2.32. The van der Waals surface area contributed by atoms with Crippen molar-refractivity contribution in [2.75, 3.05) is 13.3 Å². The zero-order valence-electron chi connectivity index (χ0n) is 11.5. The average molecular weight is 342 g/mol. The van der Waals surface area contributed by atoms with Crippen molar-refractivity contribution in [2.45, 2.75) is 44.2 Å². The van der Waals surface area contributed by atoms with Crippen LogP contribution in [0.25, 0.3) is 0 Å². The predicted octanol–water partition coefficient (Wildman–Crippen LogP) is 2.96. The molecule has 0 spiro atoms. The van der Waals surface area contributed by atoms with E-state index in [4.69, 9.17) is 9.47 Å². The van der Waals surface area contributed by atoms with E-state index in [-0.39, 0.29) is 6.79 Å². The van der Waals surface area contributed by atoms with Crippen LogP contribution >= 0.6 is 15.9 Å². The molecular weight excluding hydrogens is 322 g/mol. The van der Waals surface area contributed by atoms with Crippen LogP contribution in [0.1, 0.15) is 37.7 Å². The van der Waals surface area contributed by atoms with Crippen LogP contribution in [0, 0.1) is 0 Å². The highest BCUT2D eigenvalue weighted by atomic mass is 79.9. The zero-order chi connectivity index (χ0) is 14.0. The second-order valence-corrected chi connectivity index (χ2v) is 6.55. The molecule has 0 saturated heterocycles. The van der Waals surface area contributed by atoms with Crippen LogP contribution in [0.3, 0.4) is 0 Å². The molecule has 1 aromatic carbocycles. The predicted molar refractivity (Wildman–Crippen MR) is 80.0 cm³/mol. The fourth-order valence-corrected chi connectivity index (χ4v) is 3.55. The van der Waals surface area contributed by atoms with Gasteiger partial charge in [0.1, 0.15) is 0 Å². The van der Waals surface area contributed by atoms with E-state index < -0.39 is 5.60 Å². The molecule has 1 fully saturated rings. The van der Waals surface area contributed by atoms with Gasteiger partial charge in [0.15, 0.2) is 11.5 Å². The molecule has 2 N–H and O–H groups in total. The minimum absolute atomic E-state index is 0.282. The highest BCUT2D eigenvalue weighted by Gasteiger charge is 2.28. The smallest absolute Gasteiger partial charge is 0.231 e. The van der Waals surface area contributed by atoms with Gasteiger partial charge in [-0.2, -0.15) is 0 Å². The topological polar surface area (TPSA) is 50.7 Å². The summed E-state index contributed by atoms with van der Waals surface area (Å²) in [6.07, 6.45) is 5.33. The molecule has 0 bridgehead atoms. The van der Waals surface area contributed by atoms with Crippen molar-refractivity contribution >= 4 is 15.9 Å². The molecular formula is C15H20BrNO3. The Morgan fingerprint density at radius 3 is 2.80 bits per heavy atom. The van der Waals surface area contributed by atoms with Crippen molar-refractivity contribution in [3.63, 3.8) is 0 Å². The first-order valence-electron chi connectivity index (χ1n) is 7.17. The number of rotatable bonds is 4. The summed E-state index contributed by atoms with van der Waals surface area (Å²) in [4.78, 5) is 0. The van der Waals surface area contributed by atoms with Crippen LogP contribution in [0.15, 0.2) is 16.6 Å². The molecule has 0 aromatic heterocycles. The van der Waals surface area contributed by atoms with Crippen molar-refractivity contribution in [1.29, 1.82) is 0 Å². The van der Waals surface area contributed by atoms with E-state index in [0.29, 0.717) is 6.54 Å². The molecule has 20 heavy (non-hydrogen) atoms. The molecule has 3 rings (SSSR count). The quantitative estimate of drug-likeness (QED) is 0.883. The maximum absolute atomic E-state index is 10.4. The van der Waals surface area contributed by atoms with Gasteiger partial charge >= 0.3 is 0 Å². The fourth-order valence-electron chi connectivity index (χ4n) is 2.95. The number of ether oxygens (including phenoxy) is 2. The van der Waals surface area contributed by atoms with E-state index in [9.17, 15) is 5.11 Å². The summed E-state index contributed by atoms with van der Waals surface area (Å²) in [6, 6.07) is 4.02. The normalized spacial score (nSPS) is 20.1. The summed E-state index contributed by atoms with van der Waals surface area (Å²) < 4.78 is 11.7. The van der Waals surface area contributed by atoms with Crippen LogP contribution in [0.4, 0.5) is 0 Å². The molecule has 1 heterocycles. The van der Waals surface area contributed by atoms with Gasteiger partial charge in [-0.3, -0.25) is 0 Å². The first kappa shape index (κ1) is 14.2. The maximum Gasteiger partial charge on any atom is 0.231 e. The number of hydrogen-bond donors (Lipinski definition) is 2. The summed E-state index contributed by atoms with van der Waals surface area (Å²) in [5, 5.41) is 13.8. The van der Waals surface area contributed by atoms with Gasteiger partial charge in [0.2, 0.25) is 6.79 Å². The summed E-state index contributed by atoms with van der Waals surface area (Å²) in [5.41, 5.74) is 0.603. The van der Waals surface area contributed by atoms with Crippen molar-refractivity contribution in [1.82, 2.24) is 5.32 Å². The molecule has 0 radical (unpaired) electrons. The van der Waals surface area contributed by atoms with E-state index in [1.165, 1.54) is 6.42 Å². The number of fused-ring (bicyclic) bond motifs is 1. The summed E-state index contributed by atoms with van der Waals surface area (Å²) >= 11 is 3.50. The highest BCUT2D eigenvalue weighted by Crippen LogP contribution is 2.40. The molecule has 0 unspecified atom stereocenters. The van der Waals surface area contributed by atoms with Gasteiger partial charge in [0.05, 0.1) is 10.1 Å². The first-order valence-corrected chi connectivity index (χ1v) is 7.97. The zero-order valence-corrected chi connectivity index (χ0v) is 13.0. The Balaban J connectivity index is 1.57. The number of benzene rings is 1. The number of halogens is 1. The minimum Gasteiger partial charge on any atom is -0.454 e. The summed E-state index contributed by atoms with van der Waals surface area (Å²) in [5.74, 6) is 1.56. The van der Waals surface area contributed by atoms with Crippen molar-refractivity contribution < 1.29 is 14.6 Å². The molecule has 2 aliphatic rings. The molecule has 1 aliphatic heterocycles. The van der Waals surface area contributed by atoms with Crippen molar-refractivity contribution in [3.8, 4) is 11.5 Å². The van der Waals surface area contributed by atoms with Crippen molar-refractivity contribution in [3.05, 3.63) is 22.2 Å². The van der Waals surface area contributed by atoms with Crippen LogP contribution in [0.5, 0.6) is 11.5 Å². The standard InChI is InChI=1S/C15H20BrNO3/c16-12-6-11(7-13-14(12)20-10-19-13)8-17-9-15(18)4-2-1-3-5-15/h6-7,17-18H,1-5,8-10H2. The van der Waals surface area contributed by atoms with E-state index in [1.54, 1.807) is 0 Å². The molecule has 1 aromatic rings. The third kappa shape index (κ3) is 3.10. The van der Waals surface area contributed by atoms with Gasteiger partial charge in [-0.25, -0.2) is 0 Å². The molecule has 4 nitrogen and oxygen atoms in total. The molecule has 0 atom stereocenters. The monoisotopic (exact) mass is 341 g/mol. The molecule has 1 aliphatic carbocycles. The lowest BCUT2D eigenvalue weighted by atomic mass is 9.85. The Labute approximate surface area is 127 Å². The number of hydrogen-bond acceptors (Lipinski definition) is 4. The van der Waals surface area contributed by atoms with Crippen LogP contribution in [-0.4, -0.2) is 24.0 Å². The summed E-state index contributed by atoms with van der Waals surface area (Å²) in [6.45, 7) is 1.65. The van der Waals surface area contributed by atoms with E-state index in [0.717, 1.165) is 53.8 Å². The second kappa shape index (κ2) is 5.92. The van der Waals surface area contributed by atoms with Crippen LogP contribution in [-0.2, 0) is 6.54 Å². The maximum atomic E-state index is 10.4. The lowest BCUT2D eigenvalue weighted by Crippen LogP contribution is -2.41. The second-order valence-electron chi connectivity index (χ2n) is 5.70. The Hall–Kier alpha value is -0.780. The molecule has 5 heteroatoms. The number of nitrogens with one attached hydrogen (secondary N) is 1. The van der Waals surface area contributed by atoms with Gasteiger partial charge in [-0.05, 0) is 46.5 Å². The Morgan fingerprint density at radius 1 is 1.20 bits per heavy atom. The molecule has 1 saturated carbocycles. The number of aliphatic hydroxyl groups is 1. The van der Waals surface area contributed by atoms with Gasteiger partial charge in [0, 0.05) is 13.1 Å². The van der Waals surface area contributed by atoms with Gasteiger partial charge in [-0.15, -0.1) is 0 Å². The average Bonchev–Trinajstić information content (AvgIpc) is 2.88. The third-order valence-corrected chi connectivity index (χ3v) is 4.64. The Bertz CT molecular complexity index is 486. The van der Waals surface area contributed by atoms with Crippen LogP contribution in [0.2, 0.25) is 0 Å². The first-order chi connectivity index (χ1) is 9.66. The fraction of sp³-hybridized carbons (Fsp3) is 0.600. The van der Waals surface area contributed by atoms with Crippen LogP contribution < -0.4 is 14.8 Å². The Kier molecular flexibility index (Phi) is 4.19. The van der Waals surface area contributed by atoms with Gasteiger partial charge in [0.25, 0.3) is 0 Å². The summed E-state index contributed by atoms with van der Waals surface area (Å²) in [7, 11) is 0. The van der Waals surface area contributed by atoms with Gasteiger partial charge in [-0.1, -0.05) is 19.3 Å². The van der Waals surface area contributed by atoms with Crippen molar-refractivity contribution in [2.24, 2.45) is 0 Å². The van der Waals surface area contributed by atoms with Gasteiger partial charge < -0.3 is 19.9 Å². The van der Waals surface area contributed by atoms with E-state index >= 15 is 0 Å². The highest BCUT2D eigenvalue weighted by molar-refractivity contribution is 9.10. The SMILES string of the molecule is OC1(CNCc2cc(Br)c3c(c2)OCO3)CCCCC1. The third-order valence-electron chi connectivity index (χ3n) is 4.05. The minimum atomic E-state index is -0.522. The molecule has 0 amide bonds. The lowest BCUT2D eigenvalue weighted by molar-refractivity contribution is 0.00467. The van der Waals surface area contributed by atoms with E-state index in [2.05, 4.69) is 21.2 Å². The Morgan fingerprint density at radius 2 is 2.00 bits per heavy atom. The largest absolute Gasteiger partial charge is 0.454 e. The van der Waals surface area contributed by atoms with E-state index in [1.807, 2.05) is 12.1 Å².